The van der Waals surface area contributed by atoms with Crippen molar-refractivity contribution in [3.8, 4) is 33.4 Å². The molecule has 0 aliphatic heterocycles. The fourth-order valence-electron chi connectivity index (χ4n) is 10.00. The highest BCUT2D eigenvalue weighted by Crippen LogP contribution is 2.39. The number of halogens is 9. The Balaban J connectivity index is 0.000000151. The van der Waals surface area contributed by atoms with E-state index in [1.807, 2.05) is 92.7 Å². The highest BCUT2D eigenvalue weighted by atomic mass is 79.9. The highest BCUT2D eigenvalue weighted by Gasteiger charge is 2.22. The molecular formula is C72H54Br5F4N5O5. The van der Waals surface area contributed by atoms with Crippen molar-refractivity contribution in [2.75, 3.05) is 11.5 Å². The quantitative estimate of drug-likeness (QED) is 0.0649. The van der Waals surface area contributed by atoms with Crippen LogP contribution in [-0.2, 0) is 0 Å². The van der Waals surface area contributed by atoms with Crippen molar-refractivity contribution in [2.45, 2.75) is 40.7 Å². The summed E-state index contributed by atoms with van der Waals surface area (Å²) >= 11 is 16.9. The molecule has 0 saturated heterocycles. The van der Waals surface area contributed by atoms with Crippen molar-refractivity contribution in [3.05, 3.63) is 285 Å². The van der Waals surface area contributed by atoms with Gasteiger partial charge < -0.3 is 21.7 Å². The van der Waals surface area contributed by atoms with Crippen LogP contribution in [0.25, 0.3) is 66.1 Å². The fraction of sp³-hybridized carbons (Fsp3) is 0.0833. The number of fused-ring (bicyclic) bond motifs is 3. The molecule has 6 N–H and O–H groups in total. The molecule has 19 heteroatoms. The summed E-state index contributed by atoms with van der Waals surface area (Å²) in [5.41, 5.74) is 23.5. The first-order valence-electron chi connectivity index (χ1n) is 27.6. The summed E-state index contributed by atoms with van der Waals surface area (Å²) in [6.45, 7) is 8.63. The van der Waals surface area contributed by atoms with Gasteiger partial charge in [-0.2, -0.15) is 0 Å². The second-order valence-electron chi connectivity index (χ2n) is 20.5. The summed E-state index contributed by atoms with van der Waals surface area (Å²) in [5.74, 6) is -2.63. The number of hydrogen-bond donors (Lipinski definition) is 4. The van der Waals surface area contributed by atoms with Gasteiger partial charge in [0.05, 0.1) is 33.9 Å². The van der Waals surface area contributed by atoms with Crippen LogP contribution < -0.4 is 11.5 Å². The van der Waals surface area contributed by atoms with Gasteiger partial charge in [0.15, 0.2) is 11.6 Å². The number of nitrogens with zero attached hydrogens (tertiary/aromatic N) is 3. The Morgan fingerprint density at radius 1 is 0.440 bits per heavy atom. The number of aryl methyl sites for hydroxylation is 3. The molecule has 12 rings (SSSR count). The lowest BCUT2D eigenvalue weighted by atomic mass is 9.92. The third kappa shape index (κ3) is 17.2. The molecule has 0 amide bonds. The van der Waals surface area contributed by atoms with Gasteiger partial charge in [-0.05, 0) is 215 Å². The number of aliphatic hydroxyl groups excluding tert-OH is 1. The Bertz CT molecular complexity index is 4510. The first kappa shape index (κ1) is 68.6. The molecule has 91 heavy (non-hydrogen) atoms. The van der Waals surface area contributed by atoms with Crippen LogP contribution in [0.4, 0.5) is 28.9 Å². The Morgan fingerprint density at radius 3 is 1.18 bits per heavy atom. The van der Waals surface area contributed by atoms with Crippen LogP contribution in [-0.4, -0.2) is 42.7 Å². The number of carboxylic acids is 1. The highest BCUT2D eigenvalue weighted by molar-refractivity contribution is 9.11. The van der Waals surface area contributed by atoms with E-state index in [1.165, 1.54) is 67.6 Å². The molecule has 0 saturated carbocycles. The van der Waals surface area contributed by atoms with Crippen molar-refractivity contribution in [1.82, 2.24) is 15.0 Å². The Kier molecular flexibility index (Phi) is 23.1. The first-order chi connectivity index (χ1) is 43.3. The number of hydrogen-bond acceptors (Lipinski definition) is 9. The predicted octanol–water partition coefficient (Wildman–Crippen LogP) is 20.7. The molecule has 0 bridgehead atoms. The molecule has 1 atom stereocenters. The van der Waals surface area contributed by atoms with Gasteiger partial charge in [0, 0.05) is 94.7 Å². The number of ketones is 2. The topological polar surface area (TPSA) is 182 Å². The maximum Gasteiger partial charge on any atom is 0.338 e. The SMILES string of the molecule is CC(=O)c1c(C)nc2ccc(Br)cc2c1-c1ccc(F)cc1.Cc1nc2ccc(Br)cc2c(-c2ccc(F)cc2)c1C(=O)O.Cc1nc2ccc(Br)cc2c(-c2ccc(F)cc2)c1C(C)O.Nc1ccc(Br)cc1.Nc1ccc(Br)cc1C(=O)c1ccc(F)cc1. The molecule has 460 valence electrons. The molecule has 0 aliphatic carbocycles. The van der Waals surface area contributed by atoms with Gasteiger partial charge in [0.2, 0.25) is 0 Å². The Hall–Kier alpha value is -8.30. The standard InChI is InChI=1S/C18H15BrFNO.C18H13BrFNO.C17H11BrFNO2.C13H9BrFNO.C6H6BrN/c2*1-10-17(11(2)22)18(12-3-6-14(20)7-4-12)15-9-13(19)5-8-16(15)21-10;1-9-15(17(21)22)16(10-2-5-12(19)6-3-10)13-8-11(18)4-7-14(13)20-9;14-9-3-6-12(16)11(7-9)13(17)8-1-4-10(15)5-2-8;7-5-1-3-6(8)4-2-5/h3-9,11,22H,1-2H3;3-9H,1-2H3;2-8H,1H3,(H,21,22);1-7H,16H2;1-4H,8H2. The lowest BCUT2D eigenvalue weighted by Crippen LogP contribution is -2.06. The van der Waals surface area contributed by atoms with Crippen molar-refractivity contribution in [1.29, 1.82) is 0 Å². The number of nitrogen functional groups attached to an aromatic ring is 2. The van der Waals surface area contributed by atoms with Crippen LogP contribution in [0.2, 0.25) is 0 Å². The van der Waals surface area contributed by atoms with Gasteiger partial charge in [-0.3, -0.25) is 24.5 Å². The Labute approximate surface area is 564 Å². The van der Waals surface area contributed by atoms with Crippen molar-refractivity contribution >= 4 is 141 Å². The summed E-state index contributed by atoms with van der Waals surface area (Å²) in [5, 5.41) is 22.3. The number of pyridine rings is 3. The van der Waals surface area contributed by atoms with E-state index in [0.717, 1.165) is 83.4 Å². The molecule has 9 aromatic carbocycles. The summed E-state index contributed by atoms with van der Waals surface area (Å²) in [6, 6.07) is 53.4. The minimum absolute atomic E-state index is 0.0498. The summed E-state index contributed by atoms with van der Waals surface area (Å²) < 4.78 is 56.9. The van der Waals surface area contributed by atoms with Gasteiger partial charge in [-0.15, -0.1) is 0 Å². The molecule has 1 unspecified atom stereocenters. The summed E-state index contributed by atoms with van der Waals surface area (Å²) in [6.07, 6.45) is -0.657. The normalized spacial score (nSPS) is 11.0. The third-order valence-corrected chi connectivity index (χ3v) is 16.6. The van der Waals surface area contributed by atoms with E-state index in [2.05, 4.69) is 94.6 Å². The molecule has 3 aromatic heterocycles. The number of nitrogens with two attached hydrogens (primary N) is 2. The average molecular weight is 1540 g/mol. The maximum atomic E-state index is 13.2. The van der Waals surface area contributed by atoms with E-state index < -0.39 is 12.1 Å². The van der Waals surface area contributed by atoms with Gasteiger partial charge in [0.25, 0.3) is 0 Å². The monoisotopic (exact) mass is 1540 g/mol. The van der Waals surface area contributed by atoms with E-state index in [9.17, 15) is 42.2 Å². The maximum absolute atomic E-state index is 13.2. The van der Waals surface area contributed by atoms with Crippen molar-refractivity contribution in [3.63, 3.8) is 0 Å². The largest absolute Gasteiger partial charge is 0.478 e. The zero-order valence-corrected chi connectivity index (χ0v) is 57.0. The predicted molar refractivity (Wildman–Crippen MR) is 373 cm³/mol. The van der Waals surface area contributed by atoms with Crippen LogP contribution in [0.15, 0.2) is 216 Å². The molecule has 0 spiro atoms. The first-order valence-corrected chi connectivity index (χ1v) is 31.6. The lowest BCUT2D eigenvalue weighted by Gasteiger charge is -2.18. The van der Waals surface area contributed by atoms with Crippen LogP contribution in [0.5, 0.6) is 0 Å². The van der Waals surface area contributed by atoms with Crippen molar-refractivity contribution < 1.29 is 42.2 Å². The number of rotatable bonds is 8. The molecule has 0 aliphatic rings. The second kappa shape index (κ2) is 30.7. The van der Waals surface area contributed by atoms with E-state index in [-0.39, 0.29) is 40.4 Å². The van der Waals surface area contributed by atoms with Crippen LogP contribution >= 0.6 is 79.6 Å². The molecular weight excluding hydrogens is 1490 g/mol. The number of benzene rings is 9. The molecule has 3 heterocycles. The third-order valence-electron chi connectivity index (χ3n) is 14.0. The number of carbonyl (C=O) groups excluding carboxylic acids is 2. The number of aliphatic hydroxyl groups is 1. The van der Waals surface area contributed by atoms with E-state index in [0.29, 0.717) is 55.8 Å². The van der Waals surface area contributed by atoms with Gasteiger partial charge in [-0.25, -0.2) is 22.4 Å². The number of aromatic carboxylic acids is 1. The van der Waals surface area contributed by atoms with Gasteiger partial charge in [-0.1, -0.05) is 116 Å². The fourth-order valence-corrected chi connectivity index (χ4v) is 11.7. The average Bonchev–Trinajstić information content (AvgIpc) is 0.786. The van der Waals surface area contributed by atoms with Gasteiger partial charge >= 0.3 is 5.97 Å². The molecule has 10 nitrogen and oxygen atoms in total. The van der Waals surface area contributed by atoms with Crippen LogP contribution in [0, 0.1) is 44.0 Å². The minimum Gasteiger partial charge on any atom is -0.478 e. The van der Waals surface area contributed by atoms with Crippen molar-refractivity contribution in [2.24, 2.45) is 0 Å². The zero-order valence-electron chi connectivity index (χ0n) is 49.1. The lowest BCUT2D eigenvalue weighted by molar-refractivity contribution is 0.0696. The molecule has 12 aromatic rings. The molecule has 0 fully saturated rings. The number of carbonyl (C=O) groups is 3. The summed E-state index contributed by atoms with van der Waals surface area (Å²) in [4.78, 5) is 49.4. The second-order valence-corrected chi connectivity index (χ2v) is 25.1. The zero-order chi connectivity index (χ0) is 66.0. The number of aromatic nitrogens is 3. The number of Topliss-reactive ketones (excluding diaryl/α,β-unsaturated/α-hetero) is 1. The number of anilines is 2. The number of carboxylic acid groups (broad SMARTS) is 1. The minimum atomic E-state index is -1.05. The van der Waals surface area contributed by atoms with E-state index >= 15 is 0 Å². The smallest absolute Gasteiger partial charge is 0.338 e. The van der Waals surface area contributed by atoms with Crippen LogP contribution in [0.1, 0.15) is 79.2 Å². The Morgan fingerprint density at radius 2 is 0.780 bits per heavy atom. The summed E-state index contributed by atoms with van der Waals surface area (Å²) in [7, 11) is 0. The van der Waals surface area contributed by atoms with Crippen LogP contribution in [0.3, 0.4) is 0 Å². The molecule has 0 radical (unpaired) electrons. The van der Waals surface area contributed by atoms with Gasteiger partial charge in [0.1, 0.15) is 23.3 Å². The van der Waals surface area contributed by atoms with E-state index in [4.69, 9.17) is 11.5 Å². The van der Waals surface area contributed by atoms with E-state index in [1.54, 1.807) is 68.4 Å².